The molecular weight excluding hydrogens is 188 g/mol. The molecule has 0 spiro atoms. The summed E-state index contributed by atoms with van der Waals surface area (Å²) >= 11 is 0. The highest BCUT2D eigenvalue weighted by molar-refractivity contribution is 5.75. The van der Waals surface area contributed by atoms with Gasteiger partial charge in [-0.3, -0.25) is 4.98 Å². The average molecular weight is 206 g/mol. The summed E-state index contributed by atoms with van der Waals surface area (Å²) in [5, 5.41) is 3.32. The number of ketones is 1. The molecule has 0 bridgehead atoms. The molecule has 0 aliphatic rings. The summed E-state index contributed by atoms with van der Waals surface area (Å²) in [7, 11) is 0. The van der Waals surface area contributed by atoms with Gasteiger partial charge in [0.15, 0.2) is 0 Å². The van der Waals surface area contributed by atoms with Crippen LogP contribution in [0.15, 0.2) is 24.5 Å². The summed E-state index contributed by atoms with van der Waals surface area (Å²) in [4.78, 5) is 14.6. The molecule has 0 saturated heterocycles. The van der Waals surface area contributed by atoms with Gasteiger partial charge in [-0.2, -0.15) is 0 Å². The first kappa shape index (κ1) is 11.9. The largest absolute Gasteiger partial charge is 0.316 e. The van der Waals surface area contributed by atoms with Gasteiger partial charge in [-0.25, -0.2) is 0 Å². The van der Waals surface area contributed by atoms with Gasteiger partial charge in [-0.15, -0.1) is 0 Å². The minimum absolute atomic E-state index is 0.269. The fourth-order valence-electron chi connectivity index (χ4n) is 1.37. The third kappa shape index (κ3) is 5.96. The number of nitrogens with zero attached hydrogens (tertiary/aromatic N) is 1. The molecule has 15 heavy (non-hydrogen) atoms. The number of nitrogens with one attached hydrogen (secondary N) is 1. The van der Waals surface area contributed by atoms with Crippen LogP contribution in [0, 0.1) is 0 Å². The highest BCUT2D eigenvalue weighted by atomic mass is 16.1. The quantitative estimate of drug-likeness (QED) is 0.689. The van der Waals surface area contributed by atoms with Crippen molar-refractivity contribution in [2.45, 2.75) is 26.2 Å². The van der Waals surface area contributed by atoms with Crippen molar-refractivity contribution in [3.63, 3.8) is 0 Å². The maximum absolute atomic E-state index is 10.7. The molecule has 1 rings (SSSR count). The van der Waals surface area contributed by atoms with E-state index < -0.39 is 0 Å². The molecule has 82 valence electrons. The maximum atomic E-state index is 10.7. The number of hydrogen-bond donors (Lipinski definition) is 1. The molecular formula is C12H18N2O. The molecule has 0 aromatic carbocycles. The monoisotopic (exact) mass is 206 g/mol. The van der Waals surface area contributed by atoms with Crippen molar-refractivity contribution in [3.8, 4) is 0 Å². The van der Waals surface area contributed by atoms with Crippen LogP contribution in [0.25, 0.3) is 0 Å². The van der Waals surface area contributed by atoms with Crippen LogP contribution in [-0.2, 0) is 11.2 Å². The highest BCUT2D eigenvalue weighted by Gasteiger charge is 1.94. The van der Waals surface area contributed by atoms with Crippen LogP contribution in [0.2, 0.25) is 0 Å². The van der Waals surface area contributed by atoms with Crippen molar-refractivity contribution in [2.75, 3.05) is 13.1 Å². The Kier molecular flexibility index (Phi) is 5.63. The van der Waals surface area contributed by atoms with Gasteiger partial charge < -0.3 is 10.1 Å². The molecule has 0 unspecified atom stereocenters. The van der Waals surface area contributed by atoms with Crippen LogP contribution in [0.3, 0.4) is 0 Å². The number of carbonyl (C=O) groups excluding carboxylic acids is 1. The maximum Gasteiger partial charge on any atom is 0.129 e. The lowest BCUT2D eigenvalue weighted by molar-refractivity contribution is -0.117. The van der Waals surface area contributed by atoms with Gasteiger partial charge in [0.25, 0.3) is 0 Å². The SMILES string of the molecule is CC(=O)CCCNCCc1ccncc1. The summed E-state index contributed by atoms with van der Waals surface area (Å²) in [5.41, 5.74) is 1.30. The Morgan fingerprint density at radius 2 is 2.07 bits per heavy atom. The third-order valence-corrected chi connectivity index (χ3v) is 2.22. The molecule has 1 N–H and O–H groups in total. The summed E-state index contributed by atoms with van der Waals surface area (Å²) in [6.07, 6.45) is 6.26. The van der Waals surface area contributed by atoms with Gasteiger partial charge in [0.1, 0.15) is 5.78 Å². The standard InChI is InChI=1S/C12H18N2O/c1-11(15)3-2-7-13-8-4-12-5-9-14-10-6-12/h5-6,9-10,13H,2-4,7-8H2,1H3. The molecule has 0 radical (unpaired) electrons. The van der Waals surface area contributed by atoms with Gasteiger partial charge in [-0.1, -0.05) is 0 Å². The number of carbonyl (C=O) groups is 1. The fourth-order valence-corrected chi connectivity index (χ4v) is 1.37. The van der Waals surface area contributed by atoms with Gasteiger partial charge in [0, 0.05) is 18.8 Å². The van der Waals surface area contributed by atoms with Gasteiger partial charge >= 0.3 is 0 Å². The van der Waals surface area contributed by atoms with Crippen LogP contribution in [-0.4, -0.2) is 23.9 Å². The van der Waals surface area contributed by atoms with Crippen molar-refractivity contribution in [1.29, 1.82) is 0 Å². The van der Waals surface area contributed by atoms with Crippen LogP contribution in [0.5, 0.6) is 0 Å². The topological polar surface area (TPSA) is 42.0 Å². The van der Waals surface area contributed by atoms with E-state index in [4.69, 9.17) is 0 Å². The van der Waals surface area contributed by atoms with E-state index in [1.807, 2.05) is 24.5 Å². The summed E-state index contributed by atoms with van der Waals surface area (Å²) in [5.74, 6) is 0.269. The highest BCUT2D eigenvalue weighted by Crippen LogP contribution is 1.96. The van der Waals surface area contributed by atoms with E-state index in [2.05, 4.69) is 10.3 Å². The Morgan fingerprint density at radius 3 is 2.73 bits per heavy atom. The van der Waals surface area contributed by atoms with E-state index in [-0.39, 0.29) is 5.78 Å². The molecule has 1 aromatic rings. The lowest BCUT2D eigenvalue weighted by atomic mass is 10.2. The molecule has 0 atom stereocenters. The number of Topliss-reactive ketones (excluding diaryl/α,β-unsaturated/α-hetero) is 1. The van der Waals surface area contributed by atoms with Crippen molar-refractivity contribution < 1.29 is 4.79 Å². The lowest BCUT2D eigenvalue weighted by Gasteiger charge is -2.03. The van der Waals surface area contributed by atoms with Gasteiger partial charge in [0.2, 0.25) is 0 Å². The molecule has 0 amide bonds. The Hall–Kier alpha value is -1.22. The van der Waals surface area contributed by atoms with Gasteiger partial charge in [0.05, 0.1) is 0 Å². The molecule has 3 heteroatoms. The van der Waals surface area contributed by atoms with E-state index in [0.29, 0.717) is 6.42 Å². The molecule has 0 fully saturated rings. The zero-order chi connectivity index (χ0) is 10.9. The van der Waals surface area contributed by atoms with Crippen LogP contribution in [0.4, 0.5) is 0 Å². The fraction of sp³-hybridized carbons (Fsp3) is 0.500. The van der Waals surface area contributed by atoms with Crippen molar-refractivity contribution in [1.82, 2.24) is 10.3 Å². The molecule has 0 saturated carbocycles. The Morgan fingerprint density at radius 1 is 1.33 bits per heavy atom. The first-order valence-corrected chi connectivity index (χ1v) is 5.38. The van der Waals surface area contributed by atoms with E-state index >= 15 is 0 Å². The van der Waals surface area contributed by atoms with Gasteiger partial charge in [-0.05, 0) is 50.6 Å². The molecule has 1 heterocycles. The Balaban J connectivity index is 2.00. The van der Waals surface area contributed by atoms with E-state index in [1.54, 1.807) is 6.92 Å². The molecule has 1 aromatic heterocycles. The van der Waals surface area contributed by atoms with E-state index in [1.165, 1.54) is 5.56 Å². The summed E-state index contributed by atoms with van der Waals surface area (Å²) < 4.78 is 0. The minimum Gasteiger partial charge on any atom is -0.316 e. The first-order chi connectivity index (χ1) is 7.29. The second kappa shape index (κ2) is 7.12. The number of hydrogen-bond acceptors (Lipinski definition) is 3. The Labute approximate surface area is 90.9 Å². The Bertz CT molecular complexity index is 285. The smallest absolute Gasteiger partial charge is 0.129 e. The first-order valence-electron chi connectivity index (χ1n) is 5.38. The van der Waals surface area contributed by atoms with Crippen LogP contribution in [0.1, 0.15) is 25.3 Å². The molecule has 0 aliphatic carbocycles. The molecule has 0 aliphatic heterocycles. The van der Waals surface area contributed by atoms with E-state index in [9.17, 15) is 4.79 Å². The zero-order valence-electron chi connectivity index (χ0n) is 9.20. The van der Waals surface area contributed by atoms with E-state index in [0.717, 1.165) is 25.9 Å². The van der Waals surface area contributed by atoms with Crippen LogP contribution >= 0.6 is 0 Å². The predicted molar refractivity (Wildman–Crippen MR) is 60.7 cm³/mol. The summed E-state index contributed by atoms with van der Waals surface area (Å²) in [6.45, 7) is 3.52. The van der Waals surface area contributed by atoms with Crippen molar-refractivity contribution in [3.05, 3.63) is 30.1 Å². The molecule has 3 nitrogen and oxygen atoms in total. The van der Waals surface area contributed by atoms with Crippen molar-refractivity contribution in [2.24, 2.45) is 0 Å². The minimum atomic E-state index is 0.269. The number of aromatic nitrogens is 1. The normalized spacial score (nSPS) is 10.2. The zero-order valence-corrected chi connectivity index (χ0v) is 9.20. The number of pyridine rings is 1. The van der Waals surface area contributed by atoms with Crippen LogP contribution < -0.4 is 5.32 Å². The second-order valence-electron chi connectivity index (χ2n) is 3.66. The number of rotatable bonds is 7. The summed E-state index contributed by atoms with van der Waals surface area (Å²) in [6, 6.07) is 4.05. The second-order valence-corrected chi connectivity index (χ2v) is 3.66. The lowest BCUT2D eigenvalue weighted by Crippen LogP contribution is -2.19. The predicted octanol–water partition coefficient (Wildman–Crippen LogP) is 1.58. The third-order valence-electron chi connectivity index (χ3n) is 2.22. The average Bonchev–Trinajstić information content (AvgIpc) is 2.24. The van der Waals surface area contributed by atoms with Crippen molar-refractivity contribution >= 4 is 5.78 Å².